The predicted octanol–water partition coefficient (Wildman–Crippen LogP) is 1.54. The van der Waals surface area contributed by atoms with E-state index in [1.807, 2.05) is 0 Å². The van der Waals surface area contributed by atoms with Crippen molar-refractivity contribution in [2.24, 2.45) is 4.99 Å². The maximum atomic E-state index is 9.95. The van der Waals surface area contributed by atoms with Crippen molar-refractivity contribution in [3.05, 3.63) is 6.26 Å². The number of hydrogen-bond acceptors (Lipinski definition) is 4. The summed E-state index contributed by atoms with van der Waals surface area (Å²) in [5.74, 6) is 2.48. The van der Waals surface area contributed by atoms with Crippen molar-refractivity contribution in [3.63, 3.8) is 0 Å². The zero-order valence-electron chi connectivity index (χ0n) is 7.31. The summed E-state index contributed by atoms with van der Waals surface area (Å²) in [5, 5.41) is 0. The Bertz CT molecular complexity index is 230. The molecule has 0 saturated heterocycles. The average molecular weight is 201 g/mol. The van der Waals surface area contributed by atoms with E-state index in [0.717, 1.165) is 19.1 Å². The molecule has 0 radical (unpaired) electrons. The summed E-state index contributed by atoms with van der Waals surface area (Å²) in [4.78, 5) is 14.0. The highest BCUT2D eigenvalue weighted by molar-refractivity contribution is 7.30. The van der Waals surface area contributed by atoms with Gasteiger partial charge in [-0.25, -0.2) is 4.99 Å². The van der Waals surface area contributed by atoms with E-state index >= 15 is 0 Å². The second kappa shape index (κ2) is 5.87. The van der Waals surface area contributed by atoms with Crippen molar-refractivity contribution in [2.45, 2.75) is 38.1 Å². The quantitative estimate of drug-likeness (QED) is 0.395. The lowest BCUT2D eigenvalue weighted by atomic mass is 9.96. The first kappa shape index (κ1) is 10.4. The van der Waals surface area contributed by atoms with Crippen LogP contribution in [0.15, 0.2) is 11.3 Å². The van der Waals surface area contributed by atoms with Gasteiger partial charge in [0.2, 0.25) is 6.26 Å². The lowest BCUT2D eigenvalue weighted by Crippen LogP contribution is -2.08. The Kier molecular flexibility index (Phi) is 4.69. The van der Waals surface area contributed by atoms with Gasteiger partial charge in [-0.15, -0.1) is 0 Å². The van der Waals surface area contributed by atoms with Crippen LogP contribution in [0.4, 0.5) is 0 Å². The van der Waals surface area contributed by atoms with Gasteiger partial charge in [0.25, 0.3) is 0 Å². The number of hydrogen-bond donors (Lipinski definition) is 0. The third-order valence-electron chi connectivity index (χ3n) is 2.02. The van der Waals surface area contributed by atoms with Crippen molar-refractivity contribution in [1.82, 2.24) is 0 Å². The van der Waals surface area contributed by atoms with Gasteiger partial charge in [-0.3, -0.25) is 4.52 Å². The largest absolute Gasteiger partial charge is 0.558 e. The number of rotatable bonds is 3. The van der Waals surface area contributed by atoms with Crippen LogP contribution >= 0.6 is 8.25 Å². The van der Waals surface area contributed by atoms with Crippen LogP contribution in [0.1, 0.15) is 32.1 Å². The van der Waals surface area contributed by atoms with Gasteiger partial charge in [0, 0.05) is 5.87 Å². The van der Waals surface area contributed by atoms with E-state index in [9.17, 15) is 9.46 Å². The molecule has 0 bridgehead atoms. The van der Waals surface area contributed by atoms with Gasteiger partial charge in [0.15, 0.2) is 0 Å². The molecule has 0 aliphatic heterocycles. The fraction of sp³-hybridized carbons (Fsp3) is 0.750. The number of aliphatic imine (C=N–C) groups is 1. The Labute approximate surface area is 78.3 Å². The van der Waals surface area contributed by atoms with Crippen LogP contribution < -0.4 is 4.89 Å². The van der Waals surface area contributed by atoms with E-state index < -0.39 is 8.25 Å². The van der Waals surface area contributed by atoms with E-state index in [2.05, 4.69) is 15.4 Å². The molecule has 0 aromatic heterocycles. The molecule has 1 atom stereocenters. The number of nitrogens with zero attached hydrogens (tertiary/aromatic N) is 1. The van der Waals surface area contributed by atoms with Gasteiger partial charge in [-0.2, -0.15) is 0 Å². The SMILES string of the molecule is O=[P+]([O-])OC=C=NC1CCCCC1. The highest BCUT2D eigenvalue weighted by Crippen LogP contribution is 2.19. The van der Waals surface area contributed by atoms with E-state index in [4.69, 9.17) is 0 Å². The summed E-state index contributed by atoms with van der Waals surface area (Å²) in [6.45, 7) is 0. The molecule has 0 N–H and O–H groups in total. The molecule has 0 heterocycles. The molecule has 0 aromatic rings. The third kappa shape index (κ3) is 4.79. The highest BCUT2D eigenvalue weighted by Gasteiger charge is 2.10. The molecule has 72 valence electrons. The first-order valence-electron chi connectivity index (χ1n) is 4.37. The molecule has 1 aliphatic carbocycles. The lowest BCUT2D eigenvalue weighted by Gasteiger charge is -2.15. The second-order valence-corrected chi connectivity index (χ2v) is 3.65. The first-order valence-corrected chi connectivity index (χ1v) is 5.47. The van der Waals surface area contributed by atoms with Crippen molar-refractivity contribution < 1.29 is 14.0 Å². The van der Waals surface area contributed by atoms with Crippen LogP contribution in [0.5, 0.6) is 0 Å². The molecule has 0 spiro atoms. The summed E-state index contributed by atoms with van der Waals surface area (Å²) in [7, 11) is -2.81. The van der Waals surface area contributed by atoms with Crippen LogP contribution in [-0.4, -0.2) is 11.9 Å². The molecule has 1 unspecified atom stereocenters. The van der Waals surface area contributed by atoms with E-state index in [1.54, 1.807) is 0 Å². The van der Waals surface area contributed by atoms with Gasteiger partial charge in [-0.1, -0.05) is 19.3 Å². The molecule has 13 heavy (non-hydrogen) atoms. The average Bonchev–Trinajstić information content (AvgIpc) is 2.14. The summed E-state index contributed by atoms with van der Waals surface area (Å²) in [5.41, 5.74) is 0. The maximum Gasteiger partial charge on any atom is 0.539 e. The maximum absolute atomic E-state index is 9.95. The molecule has 1 saturated carbocycles. The van der Waals surface area contributed by atoms with Crippen LogP contribution in [0, 0.1) is 0 Å². The predicted molar refractivity (Wildman–Crippen MR) is 47.6 cm³/mol. The van der Waals surface area contributed by atoms with Crippen LogP contribution in [0.3, 0.4) is 0 Å². The zero-order valence-corrected chi connectivity index (χ0v) is 8.20. The van der Waals surface area contributed by atoms with E-state index in [0.29, 0.717) is 6.04 Å². The molecule has 5 heteroatoms. The Morgan fingerprint density at radius 3 is 2.77 bits per heavy atom. The third-order valence-corrected chi connectivity index (χ3v) is 2.30. The molecule has 1 aliphatic rings. The minimum Gasteiger partial charge on any atom is -0.558 e. The molecule has 0 aromatic carbocycles. The summed E-state index contributed by atoms with van der Waals surface area (Å²) in [6, 6.07) is 0.304. The molecule has 1 rings (SSSR count). The van der Waals surface area contributed by atoms with E-state index in [-0.39, 0.29) is 0 Å². The van der Waals surface area contributed by atoms with E-state index in [1.165, 1.54) is 19.3 Å². The standard InChI is InChI=1S/C8H12NO3P/c10-13(11)12-7-6-9-8-4-2-1-3-5-8/h7-8H,1-5H2. The minimum atomic E-state index is -2.81. The Hall–Kier alpha value is -0.690. The smallest absolute Gasteiger partial charge is 0.539 e. The molecule has 0 amide bonds. The van der Waals surface area contributed by atoms with Crippen molar-refractivity contribution in [2.75, 3.05) is 0 Å². The van der Waals surface area contributed by atoms with Crippen molar-refractivity contribution in [3.8, 4) is 0 Å². The second-order valence-electron chi connectivity index (χ2n) is 3.00. The van der Waals surface area contributed by atoms with Gasteiger partial charge in [0.1, 0.15) is 0 Å². The lowest BCUT2D eigenvalue weighted by molar-refractivity contribution is -0.181. The fourth-order valence-electron chi connectivity index (χ4n) is 1.41. The fourth-order valence-corrected chi connectivity index (χ4v) is 1.55. The van der Waals surface area contributed by atoms with Gasteiger partial charge < -0.3 is 4.89 Å². The topological polar surface area (TPSA) is 61.7 Å². The zero-order chi connectivity index (χ0) is 9.52. The van der Waals surface area contributed by atoms with Gasteiger partial charge in [-0.05, 0) is 17.4 Å². The summed E-state index contributed by atoms with van der Waals surface area (Å²) in [6.07, 6.45) is 6.81. The first-order chi connectivity index (χ1) is 6.29. The summed E-state index contributed by atoms with van der Waals surface area (Å²) < 4.78 is 14.1. The minimum absolute atomic E-state index is 0.304. The molecular formula is C8H12NO3P. The van der Waals surface area contributed by atoms with Crippen molar-refractivity contribution >= 4 is 14.1 Å². The van der Waals surface area contributed by atoms with Crippen LogP contribution in [0.25, 0.3) is 0 Å². The summed E-state index contributed by atoms with van der Waals surface area (Å²) >= 11 is 0. The van der Waals surface area contributed by atoms with Crippen LogP contribution in [-0.2, 0) is 9.09 Å². The highest BCUT2D eigenvalue weighted by atomic mass is 31.1. The van der Waals surface area contributed by atoms with Crippen LogP contribution in [0.2, 0.25) is 0 Å². The Morgan fingerprint density at radius 1 is 1.46 bits per heavy atom. The Balaban J connectivity index is 2.28. The van der Waals surface area contributed by atoms with Gasteiger partial charge in [0.05, 0.1) is 6.04 Å². The molecule has 4 nitrogen and oxygen atoms in total. The Morgan fingerprint density at radius 2 is 2.15 bits per heavy atom. The van der Waals surface area contributed by atoms with Gasteiger partial charge >= 0.3 is 8.25 Å². The molecule has 1 fully saturated rings. The molecular weight excluding hydrogens is 189 g/mol. The normalized spacial score (nSPS) is 18.7. The monoisotopic (exact) mass is 201 g/mol. The van der Waals surface area contributed by atoms with Crippen molar-refractivity contribution in [1.29, 1.82) is 0 Å².